The summed E-state index contributed by atoms with van der Waals surface area (Å²) in [6.07, 6.45) is 4.76. The second kappa shape index (κ2) is 3.62. The summed E-state index contributed by atoms with van der Waals surface area (Å²) < 4.78 is 1.59. The van der Waals surface area contributed by atoms with Crippen molar-refractivity contribution >= 4 is 11.6 Å². The quantitative estimate of drug-likeness (QED) is 0.714. The zero-order chi connectivity index (χ0) is 10.1. The lowest BCUT2D eigenvalue weighted by atomic mass is 10.0. The van der Waals surface area contributed by atoms with Crippen LogP contribution in [0.15, 0.2) is 0 Å². The number of nitriles is 1. The third kappa shape index (κ3) is 1.40. The lowest BCUT2D eigenvalue weighted by Gasteiger charge is -2.03. The van der Waals surface area contributed by atoms with E-state index in [2.05, 4.69) is 11.2 Å². The standard InChI is InChI=1S/C10H12ClN3/c1-14-10(11)8(6-12)9(13-14)7-4-2-3-5-7/h7H,2-5H2,1H3. The first-order chi connectivity index (χ1) is 6.74. The van der Waals surface area contributed by atoms with Crippen molar-refractivity contribution in [1.29, 1.82) is 5.26 Å². The van der Waals surface area contributed by atoms with Crippen molar-refractivity contribution in [3.63, 3.8) is 0 Å². The van der Waals surface area contributed by atoms with Crippen LogP contribution in [0.4, 0.5) is 0 Å². The Bertz CT molecular complexity index is 383. The number of nitrogens with zero attached hydrogens (tertiary/aromatic N) is 3. The van der Waals surface area contributed by atoms with Gasteiger partial charge in [-0.2, -0.15) is 10.4 Å². The van der Waals surface area contributed by atoms with E-state index in [-0.39, 0.29) is 0 Å². The van der Waals surface area contributed by atoms with Crippen LogP contribution in [0.1, 0.15) is 42.9 Å². The van der Waals surface area contributed by atoms with Crippen LogP contribution in [-0.2, 0) is 7.05 Å². The molecule has 1 heterocycles. The van der Waals surface area contributed by atoms with Crippen molar-refractivity contribution < 1.29 is 0 Å². The highest BCUT2D eigenvalue weighted by atomic mass is 35.5. The van der Waals surface area contributed by atoms with Gasteiger partial charge in [-0.1, -0.05) is 24.4 Å². The number of hydrogen-bond acceptors (Lipinski definition) is 2. The van der Waals surface area contributed by atoms with Gasteiger partial charge in [0.15, 0.2) is 0 Å². The van der Waals surface area contributed by atoms with E-state index in [0.717, 1.165) is 18.5 Å². The molecular weight excluding hydrogens is 198 g/mol. The molecule has 1 aromatic rings. The van der Waals surface area contributed by atoms with Crippen LogP contribution in [0.2, 0.25) is 5.15 Å². The van der Waals surface area contributed by atoms with Gasteiger partial charge >= 0.3 is 0 Å². The van der Waals surface area contributed by atoms with Crippen molar-refractivity contribution in [2.75, 3.05) is 0 Å². The largest absolute Gasteiger partial charge is 0.255 e. The molecule has 1 aliphatic carbocycles. The highest BCUT2D eigenvalue weighted by Gasteiger charge is 2.25. The van der Waals surface area contributed by atoms with Gasteiger partial charge in [0, 0.05) is 13.0 Å². The van der Waals surface area contributed by atoms with Crippen LogP contribution in [0, 0.1) is 11.3 Å². The molecule has 0 atom stereocenters. The maximum Gasteiger partial charge on any atom is 0.144 e. The topological polar surface area (TPSA) is 41.6 Å². The molecule has 1 aromatic heterocycles. The van der Waals surface area contributed by atoms with Gasteiger partial charge in [-0.25, -0.2) is 0 Å². The summed E-state index contributed by atoms with van der Waals surface area (Å²) in [6.45, 7) is 0. The molecule has 1 saturated carbocycles. The van der Waals surface area contributed by atoms with E-state index in [1.165, 1.54) is 12.8 Å². The molecule has 0 amide bonds. The lowest BCUT2D eigenvalue weighted by Crippen LogP contribution is -1.97. The molecule has 2 rings (SSSR count). The predicted molar refractivity (Wildman–Crippen MR) is 54.1 cm³/mol. The molecule has 0 radical (unpaired) electrons. The highest BCUT2D eigenvalue weighted by molar-refractivity contribution is 6.30. The van der Waals surface area contributed by atoms with Gasteiger partial charge in [-0.3, -0.25) is 4.68 Å². The van der Waals surface area contributed by atoms with Gasteiger partial charge in [0.25, 0.3) is 0 Å². The molecule has 4 heteroatoms. The number of aromatic nitrogens is 2. The molecule has 0 bridgehead atoms. The van der Waals surface area contributed by atoms with Crippen LogP contribution in [0.3, 0.4) is 0 Å². The van der Waals surface area contributed by atoms with Crippen molar-refractivity contribution in [3.05, 3.63) is 16.4 Å². The molecule has 0 saturated heterocycles. The van der Waals surface area contributed by atoms with E-state index in [1.807, 2.05) is 0 Å². The first kappa shape index (κ1) is 9.54. The van der Waals surface area contributed by atoms with E-state index < -0.39 is 0 Å². The Kier molecular flexibility index (Phi) is 2.47. The average molecular weight is 210 g/mol. The Hall–Kier alpha value is -1.01. The minimum Gasteiger partial charge on any atom is -0.255 e. The van der Waals surface area contributed by atoms with Gasteiger partial charge in [0.2, 0.25) is 0 Å². The van der Waals surface area contributed by atoms with Gasteiger partial charge in [0.1, 0.15) is 16.8 Å². The van der Waals surface area contributed by atoms with Crippen LogP contribution in [-0.4, -0.2) is 9.78 Å². The Morgan fingerprint density at radius 1 is 1.50 bits per heavy atom. The predicted octanol–water partition coefficient (Wildman–Crippen LogP) is 2.60. The van der Waals surface area contributed by atoms with Gasteiger partial charge in [0.05, 0.1) is 5.69 Å². The molecule has 0 N–H and O–H groups in total. The first-order valence-electron chi connectivity index (χ1n) is 4.86. The third-order valence-electron chi connectivity index (χ3n) is 2.86. The summed E-state index contributed by atoms with van der Waals surface area (Å²) in [7, 11) is 1.78. The van der Waals surface area contributed by atoms with Gasteiger partial charge in [-0.05, 0) is 12.8 Å². The zero-order valence-electron chi connectivity index (χ0n) is 8.13. The molecule has 0 spiro atoms. The van der Waals surface area contributed by atoms with E-state index >= 15 is 0 Å². The Morgan fingerprint density at radius 3 is 2.71 bits per heavy atom. The van der Waals surface area contributed by atoms with Crippen LogP contribution in [0.25, 0.3) is 0 Å². The summed E-state index contributed by atoms with van der Waals surface area (Å²) in [4.78, 5) is 0. The maximum absolute atomic E-state index is 8.99. The van der Waals surface area contributed by atoms with Gasteiger partial charge < -0.3 is 0 Å². The molecule has 3 nitrogen and oxygen atoms in total. The molecule has 1 aliphatic rings. The van der Waals surface area contributed by atoms with Crippen LogP contribution in [0.5, 0.6) is 0 Å². The number of hydrogen-bond donors (Lipinski definition) is 0. The lowest BCUT2D eigenvalue weighted by molar-refractivity contribution is 0.657. The average Bonchev–Trinajstić information content (AvgIpc) is 2.76. The maximum atomic E-state index is 8.99. The summed E-state index contributed by atoms with van der Waals surface area (Å²) in [5.74, 6) is 0.448. The van der Waals surface area contributed by atoms with Crippen LogP contribution < -0.4 is 0 Å². The van der Waals surface area contributed by atoms with Crippen molar-refractivity contribution in [2.24, 2.45) is 7.05 Å². The van der Waals surface area contributed by atoms with E-state index in [9.17, 15) is 0 Å². The summed E-state index contributed by atoms with van der Waals surface area (Å²) in [6, 6.07) is 2.15. The van der Waals surface area contributed by atoms with Crippen molar-refractivity contribution in [2.45, 2.75) is 31.6 Å². The Balaban J connectivity index is 2.42. The van der Waals surface area contributed by atoms with Crippen LogP contribution >= 0.6 is 11.6 Å². The van der Waals surface area contributed by atoms with E-state index in [4.69, 9.17) is 16.9 Å². The molecule has 74 valence electrons. The minimum absolute atomic E-state index is 0.448. The first-order valence-corrected chi connectivity index (χ1v) is 5.24. The number of halogens is 1. The normalized spacial score (nSPS) is 17.2. The molecule has 0 unspecified atom stereocenters. The summed E-state index contributed by atoms with van der Waals surface area (Å²) >= 11 is 5.97. The molecule has 0 aromatic carbocycles. The Morgan fingerprint density at radius 2 is 2.14 bits per heavy atom. The molecular formula is C10H12ClN3. The summed E-state index contributed by atoms with van der Waals surface area (Å²) in [5, 5.41) is 13.8. The van der Waals surface area contributed by atoms with Crippen molar-refractivity contribution in [1.82, 2.24) is 9.78 Å². The monoisotopic (exact) mass is 209 g/mol. The fourth-order valence-electron chi connectivity index (χ4n) is 2.11. The second-order valence-corrected chi connectivity index (χ2v) is 4.13. The SMILES string of the molecule is Cn1nc(C2CCCC2)c(C#N)c1Cl. The highest BCUT2D eigenvalue weighted by Crippen LogP contribution is 2.36. The third-order valence-corrected chi connectivity index (χ3v) is 3.29. The van der Waals surface area contributed by atoms with Crippen molar-refractivity contribution in [3.8, 4) is 6.07 Å². The molecule has 0 aliphatic heterocycles. The second-order valence-electron chi connectivity index (χ2n) is 3.77. The number of rotatable bonds is 1. The smallest absolute Gasteiger partial charge is 0.144 e. The van der Waals surface area contributed by atoms with E-state index in [1.54, 1.807) is 11.7 Å². The Labute approximate surface area is 88.3 Å². The van der Waals surface area contributed by atoms with Gasteiger partial charge in [-0.15, -0.1) is 0 Å². The molecule has 14 heavy (non-hydrogen) atoms. The molecule has 1 fully saturated rings. The van der Waals surface area contributed by atoms with E-state index in [0.29, 0.717) is 16.6 Å². The zero-order valence-corrected chi connectivity index (χ0v) is 8.88. The number of aryl methyl sites for hydroxylation is 1. The fourth-order valence-corrected chi connectivity index (χ4v) is 2.29. The summed E-state index contributed by atoms with van der Waals surface area (Å²) in [5.41, 5.74) is 1.47. The fraction of sp³-hybridized carbons (Fsp3) is 0.600. The minimum atomic E-state index is 0.448.